The number of ether oxygens (including phenoxy) is 1. The van der Waals surface area contributed by atoms with Crippen LogP contribution >= 0.6 is 0 Å². The maximum atomic E-state index is 13.9. The van der Waals surface area contributed by atoms with Crippen molar-refractivity contribution in [3.63, 3.8) is 0 Å². The molecule has 0 N–H and O–H groups in total. The third-order valence-electron chi connectivity index (χ3n) is 7.68. The van der Waals surface area contributed by atoms with Crippen LogP contribution in [0.5, 0.6) is 0 Å². The third kappa shape index (κ3) is 2.45. The average Bonchev–Trinajstić information content (AvgIpc) is 3.11. The van der Waals surface area contributed by atoms with Gasteiger partial charge in [0.05, 0.1) is 29.7 Å². The Kier molecular flexibility index (Phi) is 4.15. The van der Waals surface area contributed by atoms with Crippen molar-refractivity contribution in [1.29, 1.82) is 0 Å². The van der Waals surface area contributed by atoms with E-state index in [0.29, 0.717) is 11.3 Å². The van der Waals surface area contributed by atoms with Crippen molar-refractivity contribution < 1.29 is 19.1 Å². The minimum atomic E-state index is -0.584. The van der Waals surface area contributed by atoms with Crippen LogP contribution in [0, 0.1) is 11.8 Å². The molecule has 1 fully saturated rings. The lowest BCUT2D eigenvalue weighted by molar-refractivity contribution is -0.123. The van der Waals surface area contributed by atoms with Gasteiger partial charge in [-0.05, 0) is 53.4 Å². The van der Waals surface area contributed by atoms with Gasteiger partial charge in [-0.3, -0.25) is 9.59 Å². The maximum absolute atomic E-state index is 13.9. The highest BCUT2D eigenvalue weighted by Crippen LogP contribution is 2.64. The van der Waals surface area contributed by atoms with Crippen molar-refractivity contribution >= 4 is 23.5 Å². The van der Waals surface area contributed by atoms with E-state index >= 15 is 0 Å². The molecule has 0 spiro atoms. The minimum absolute atomic E-state index is 0.149. The topological polar surface area (TPSA) is 63.7 Å². The Morgan fingerprint density at radius 2 is 1.45 bits per heavy atom. The van der Waals surface area contributed by atoms with Crippen LogP contribution in [0.25, 0.3) is 0 Å². The van der Waals surface area contributed by atoms with Gasteiger partial charge >= 0.3 is 5.97 Å². The number of benzene rings is 3. The number of carbonyl (C=O) groups excluding carboxylic acids is 3. The van der Waals surface area contributed by atoms with Gasteiger partial charge in [-0.1, -0.05) is 55.5 Å². The van der Waals surface area contributed by atoms with Gasteiger partial charge in [0.1, 0.15) is 0 Å². The molecule has 3 aliphatic carbocycles. The van der Waals surface area contributed by atoms with Crippen molar-refractivity contribution in [1.82, 2.24) is 0 Å². The van der Waals surface area contributed by atoms with Gasteiger partial charge in [-0.2, -0.15) is 0 Å². The molecule has 4 aliphatic rings. The number of rotatable bonds is 3. The number of hydrogen-bond donors (Lipinski definition) is 0. The Morgan fingerprint density at radius 3 is 2.03 bits per heavy atom. The fourth-order valence-corrected chi connectivity index (χ4v) is 6.37. The quantitative estimate of drug-likeness (QED) is 0.449. The molecule has 164 valence electrons. The first-order valence-electron chi connectivity index (χ1n) is 11.3. The summed E-state index contributed by atoms with van der Waals surface area (Å²) in [4.78, 5) is 41.1. The van der Waals surface area contributed by atoms with Gasteiger partial charge in [0.15, 0.2) is 0 Å². The molecule has 1 saturated heterocycles. The second-order valence-corrected chi connectivity index (χ2v) is 9.14. The number of imide groups is 1. The van der Waals surface area contributed by atoms with Gasteiger partial charge in [-0.15, -0.1) is 0 Å². The highest BCUT2D eigenvalue weighted by atomic mass is 16.5. The highest BCUT2D eigenvalue weighted by molar-refractivity contribution is 6.23. The Balaban J connectivity index is 1.48. The van der Waals surface area contributed by atoms with E-state index in [0.717, 1.165) is 22.3 Å². The first-order valence-corrected chi connectivity index (χ1v) is 11.3. The number of hydrogen-bond acceptors (Lipinski definition) is 4. The fraction of sp³-hybridized carbons (Fsp3) is 0.250. The van der Waals surface area contributed by atoms with E-state index in [9.17, 15) is 14.4 Å². The molecule has 2 amide bonds. The molecule has 0 unspecified atom stereocenters. The van der Waals surface area contributed by atoms with Gasteiger partial charge < -0.3 is 4.74 Å². The summed E-state index contributed by atoms with van der Waals surface area (Å²) in [5.74, 6) is -1.83. The first kappa shape index (κ1) is 19.9. The number of nitrogens with zero attached hydrogens (tertiary/aromatic N) is 1. The first-order chi connectivity index (χ1) is 16.0. The maximum Gasteiger partial charge on any atom is 0.338 e. The van der Waals surface area contributed by atoms with E-state index in [1.807, 2.05) is 24.3 Å². The monoisotopic (exact) mass is 437 g/mol. The smallest absolute Gasteiger partial charge is 0.338 e. The van der Waals surface area contributed by atoms with Crippen LogP contribution in [0.2, 0.25) is 0 Å². The fourth-order valence-electron chi connectivity index (χ4n) is 6.37. The zero-order valence-corrected chi connectivity index (χ0v) is 18.4. The Hall–Kier alpha value is -3.73. The normalized spacial score (nSPS) is 26.6. The van der Waals surface area contributed by atoms with E-state index in [1.54, 1.807) is 31.2 Å². The van der Waals surface area contributed by atoms with E-state index in [4.69, 9.17) is 4.74 Å². The Bertz CT molecular complexity index is 1280. The molecular weight excluding hydrogens is 414 g/mol. The van der Waals surface area contributed by atoms with Gasteiger partial charge in [0.25, 0.3) is 0 Å². The van der Waals surface area contributed by atoms with Crippen LogP contribution in [0.3, 0.4) is 0 Å². The molecule has 0 aromatic heterocycles. The Morgan fingerprint density at radius 1 is 0.879 bits per heavy atom. The van der Waals surface area contributed by atoms with Crippen molar-refractivity contribution in [2.75, 3.05) is 11.5 Å². The van der Waals surface area contributed by atoms with Crippen molar-refractivity contribution in [2.45, 2.75) is 25.2 Å². The van der Waals surface area contributed by atoms with E-state index < -0.39 is 23.2 Å². The molecule has 1 heterocycles. The van der Waals surface area contributed by atoms with Gasteiger partial charge in [0, 0.05) is 11.3 Å². The molecule has 33 heavy (non-hydrogen) atoms. The number of carbonyl (C=O) groups is 3. The summed E-state index contributed by atoms with van der Waals surface area (Å²) in [5.41, 5.74) is 4.85. The second-order valence-electron chi connectivity index (χ2n) is 9.14. The minimum Gasteiger partial charge on any atom is -0.462 e. The molecule has 5 heteroatoms. The molecular formula is C28H23NO4. The van der Waals surface area contributed by atoms with Gasteiger partial charge in [0.2, 0.25) is 11.8 Å². The summed E-state index contributed by atoms with van der Waals surface area (Å²) >= 11 is 0. The lowest BCUT2D eigenvalue weighted by atomic mass is 9.48. The predicted octanol–water partition coefficient (Wildman–Crippen LogP) is 4.43. The lowest BCUT2D eigenvalue weighted by Crippen LogP contribution is -2.51. The largest absolute Gasteiger partial charge is 0.462 e. The molecule has 7 rings (SSSR count). The van der Waals surface area contributed by atoms with Crippen LogP contribution < -0.4 is 4.90 Å². The molecule has 1 aliphatic heterocycles. The molecule has 3 aromatic carbocycles. The van der Waals surface area contributed by atoms with Crippen LogP contribution in [-0.2, 0) is 19.7 Å². The molecule has 2 bridgehead atoms. The molecule has 5 nitrogen and oxygen atoms in total. The van der Waals surface area contributed by atoms with Crippen LogP contribution in [0.15, 0.2) is 72.8 Å². The zero-order valence-electron chi connectivity index (χ0n) is 18.4. The van der Waals surface area contributed by atoms with Crippen LogP contribution in [0.4, 0.5) is 5.69 Å². The summed E-state index contributed by atoms with van der Waals surface area (Å²) in [7, 11) is 0. The summed E-state index contributed by atoms with van der Waals surface area (Å²) in [6.45, 7) is 4.14. The van der Waals surface area contributed by atoms with Gasteiger partial charge in [-0.25, -0.2) is 9.69 Å². The van der Waals surface area contributed by atoms with Crippen LogP contribution in [0.1, 0.15) is 52.4 Å². The molecule has 0 saturated carbocycles. The summed E-state index contributed by atoms with van der Waals surface area (Å²) in [6, 6.07) is 23.0. The van der Waals surface area contributed by atoms with Crippen molar-refractivity contribution in [3.8, 4) is 0 Å². The van der Waals surface area contributed by atoms with Crippen LogP contribution in [-0.4, -0.2) is 24.4 Å². The summed E-state index contributed by atoms with van der Waals surface area (Å²) < 4.78 is 5.05. The SMILES string of the molecule is CCOC(=O)c1ccc(N2C(=O)[C@H]3C4c5ccccc5C(C)(c5ccccc54)[C@H]3C2=O)cc1. The molecule has 0 radical (unpaired) electrons. The number of esters is 1. The number of anilines is 1. The second kappa shape index (κ2) is 6.88. The molecule has 3 aromatic rings. The lowest BCUT2D eigenvalue weighted by Gasteiger charge is -2.52. The zero-order chi connectivity index (χ0) is 22.9. The van der Waals surface area contributed by atoms with E-state index in [-0.39, 0.29) is 24.3 Å². The summed E-state index contributed by atoms with van der Waals surface area (Å²) in [6.07, 6.45) is 0. The van der Waals surface area contributed by atoms with E-state index in [2.05, 4.69) is 31.2 Å². The average molecular weight is 437 g/mol. The predicted molar refractivity (Wildman–Crippen MR) is 123 cm³/mol. The van der Waals surface area contributed by atoms with Crippen molar-refractivity contribution in [2.24, 2.45) is 11.8 Å². The third-order valence-corrected chi connectivity index (χ3v) is 7.68. The van der Waals surface area contributed by atoms with E-state index in [1.165, 1.54) is 4.90 Å². The van der Waals surface area contributed by atoms with Crippen molar-refractivity contribution in [3.05, 3.63) is 101 Å². The Labute approximate surface area is 192 Å². The molecule has 2 atom stereocenters. The highest BCUT2D eigenvalue weighted by Gasteiger charge is 2.66. The standard InChI is InChI=1S/C28H23NO4/c1-3-33-27(32)16-12-14-17(15-13-16)29-25(30)23-22-18-8-4-6-10-20(18)28(2,24(23)26(29)31)21-11-7-5-9-19(21)22/h4-15,22-24H,3H2,1-2H3/t22?,23-,24+,28?/m0/s1. The summed E-state index contributed by atoms with van der Waals surface area (Å²) in [5, 5.41) is 0. The number of amides is 2.